The van der Waals surface area contributed by atoms with Crippen molar-refractivity contribution in [3.8, 4) is 0 Å². The zero-order valence-corrected chi connectivity index (χ0v) is 10.8. The van der Waals surface area contributed by atoms with Gasteiger partial charge in [-0.2, -0.15) is 0 Å². The molecule has 0 aliphatic carbocycles. The predicted octanol–water partition coefficient (Wildman–Crippen LogP) is 2.44. The van der Waals surface area contributed by atoms with Crippen molar-refractivity contribution in [2.45, 2.75) is 26.9 Å². The van der Waals surface area contributed by atoms with E-state index in [-0.39, 0.29) is 5.91 Å². The van der Waals surface area contributed by atoms with E-state index in [1.165, 1.54) is 13.0 Å². The van der Waals surface area contributed by atoms with Gasteiger partial charge in [-0.1, -0.05) is 18.2 Å². The molecule has 18 heavy (non-hydrogen) atoms. The molecule has 0 aromatic heterocycles. The van der Waals surface area contributed by atoms with Crippen molar-refractivity contribution < 1.29 is 14.3 Å². The molecule has 1 atom stereocenters. The molecule has 0 bridgehead atoms. The van der Waals surface area contributed by atoms with Crippen LogP contribution in [0.1, 0.15) is 19.4 Å². The summed E-state index contributed by atoms with van der Waals surface area (Å²) in [6.07, 6.45) is 2.01. The van der Waals surface area contributed by atoms with Gasteiger partial charge in [-0.05, 0) is 38.5 Å². The summed E-state index contributed by atoms with van der Waals surface area (Å²) in [6.45, 7) is 5.18. The molecule has 1 rings (SSSR count). The Labute approximate surface area is 107 Å². The fourth-order valence-electron chi connectivity index (χ4n) is 1.37. The molecule has 1 aromatic carbocycles. The van der Waals surface area contributed by atoms with Crippen LogP contribution in [0.5, 0.6) is 0 Å². The molecule has 0 spiro atoms. The van der Waals surface area contributed by atoms with Crippen LogP contribution in [0.15, 0.2) is 36.4 Å². The number of carbonyl (C=O) groups is 2. The van der Waals surface area contributed by atoms with Crippen LogP contribution in [0.25, 0.3) is 0 Å². The summed E-state index contributed by atoms with van der Waals surface area (Å²) in [4.78, 5) is 22.9. The highest BCUT2D eigenvalue weighted by Crippen LogP contribution is 2.10. The molecule has 1 N–H and O–H groups in total. The average molecular weight is 247 g/mol. The third-order valence-corrected chi connectivity index (χ3v) is 2.25. The summed E-state index contributed by atoms with van der Waals surface area (Å²) in [5.41, 5.74) is 1.74. The monoisotopic (exact) mass is 247 g/mol. The minimum Gasteiger partial charge on any atom is -0.449 e. The first kappa shape index (κ1) is 14.0. The standard InChI is InChI=1S/C14H17NO3/c1-4-6-13(16)18-11(3)14(17)15-12-8-5-7-10(2)9-12/h4-9,11H,1-3H3,(H,15,17)/b6-4+. The molecule has 0 radical (unpaired) electrons. The molecule has 4 heteroatoms. The summed E-state index contributed by atoms with van der Waals surface area (Å²) < 4.78 is 4.92. The molecule has 1 aromatic rings. The van der Waals surface area contributed by atoms with Gasteiger partial charge in [-0.3, -0.25) is 4.79 Å². The molecule has 0 heterocycles. The topological polar surface area (TPSA) is 55.4 Å². The van der Waals surface area contributed by atoms with E-state index in [0.29, 0.717) is 5.69 Å². The molecule has 0 saturated carbocycles. The van der Waals surface area contributed by atoms with E-state index in [9.17, 15) is 9.59 Å². The Morgan fingerprint density at radius 1 is 1.39 bits per heavy atom. The summed E-state index contributed by atoms with van der Waals surface area (Å²) >= 11 is 0. The maximum absolute atomic E-state index is 11.8. The Hall–Kier alpha value is -2.10. The second-order valence-electron chi connectivity index (χ2n) is 3.94. The summed E-state index contributed by atoms with van der Waals surface area (Å²) in [7, 11) is 0. The van der Waals surface area contributed by atoms with Crippen LogP contribution < -0.4 is 5.32 Å². The van der Waals surface area contributed by atoms with Crippen LogP contribution in [-0.4, -0.2) is 18.0 Å². The maximum atomic E-state index is 11.8. The van der Waals surface area contributed by atoms with Crippen LogP contribution in [0.2, 0.25) is 0 Å². The number of ether oxygens (including phenoxy) is 1. The largest absolute Gasteiger partial charge is 0.449 e. The second kappa shape index (κ2) is 6.59. The van der Waals surface area contributed by atoms with Crippen LogP contribution in [0.3, 0.4) is 0 Å². The molecule has 96 valence electrons. The first-order chi connectivity index (χ1) is 8.52. The summed E-state index contributed by atoms with van der Waals surface area (Å²) in [5, 5.41) is 2.69. The number of allylic oxidation sites excluding steroid dienone is 1. The van der Waals surface area contributed by atoms with Crippen molar-refractivity contribution in [1.82, 2.24) is 0 Å². The van der Waals surface area contributed by atoms with Crippen molar-refractivity contribution in [2.75, 3.05) is 5.32 Å². The smallest absolute Gasteiger partial charge is 0.331 e. The number of rotatable bonds is 4. The van der Waals surface area contributed by atoms with Crippen molar-refractivity contribution >= 4 is 17.6 Å². The number of esters is 1. The Kier molecular flexibility index (Phi) is 5.11. The van der Waals surface area contributed by atoms with Gasteiger partial charge >= 0.3 is 5.97 Å². The molecule has 0 aliphatic rings. The molecule has 0 saturated heterocycles. The summed E-state index contributed by atoms with van der Waals surface area (Å²) in [5.74, 6) is -0.872. The lowest BCUT2D eigenvalue weighted by Gasteiger charge is -2.12. The van der Waals surface area contributed by atoms with Gasteiger partial charge in [0.05, 0.1) is 0 Å². The minimum atomic E-state index is -0.825. The van der Waals surface area contributed by atoms with Crippen LogP contribution in [0, 0.1) is 6.92 Å². The normalized spacial score (nSPS) is 12.2. The summed E-state index contributed by atoms with van der Waals surface area (Å²) in [6, 6.07) is 7.41. The van der Waals surface area contributed by atoms with Gasteiger partial charge in [0, 0.05) is 11.8 Å². The van der Waals surface area contributed by atoms with Gasteiger partial charge < -0.3 is 10.1 Å². The Morgan fingerprint density at radius 3 is 2.72 bits per heavy atom. The number of nitrogens with one attached hydrogen (secondary N) is 1. The third kappa shape index (κ3) is 4.41. The van der Waals surface area contributed by atoms with Crippen molar-refractivity contribution in [1.29, 1.82) is 0 Å². The van der Waals surface area contributed by atoms with Crippen LogP contribution in [0.4, 0.5) is 5.69 Å². The second-order valence-corrected chi connectivity index (χ2v) is 3.94. The number of carbonyl (C=O) groups excluding carboxylic acids is 2. The number of amides is 1. The average Bonchev–Trinajstić information content (AvgIpc) is 2.29. The number of aryl methyl sites for hydroxylation is 1. The van der Waals surface area contributed by atoms with E-state index in [0.717, 1.165) is 5.56 Å². The van der Waals surface area contributed by atoms with E-state index in [1.807, 2.05) is 25.1 Å². The SMILES string of the molecule is C/C=C/C(=O)OC(C)C(=O)Nc1cccc(C)c1. The zero-order valence-electron chi connectivity index (χ0n) is 10.8. The molecule has 1 amide bonds. The molecule has 0 aliphatic heterocycles. The van der Waals surface area contributed by atoms with E-state index in [1.54, 1.807) is 19.1 Å². The lowest BCUT2D eigenvalue weighted by atomic mass is 10.2. The van der Waals surface area contributed by atoms with Crippen molar-refractivity contribution in [3.63, 3.8) is 0 Å². The Bertz CT molecular complexity index is 466. The Balaban J connectivity index is 2.57. The number of benzene rings is 1. The molecular formula is C14H17NO3. The van der Waals surface area contributed by atoms with Gasteiger partial charge in [0.15, 0.2) is 6.10 Å². The van der Waals surface area contributed by atoms with Gasteiger partial charge in [0.25, 0.3) is 5.91 Å². The highest BCUT2D eigenvalue weighted by atomic mass is 16.5. The Morgan fingerprint density at radius 2 is 2.11 bits per heavy atom. The van der Waals surface area contributed by atoms with E-state index >= 15 is 0 Å². The van der Waals surface area contributed by atoms with E-state index < -0.39 is 12.1 Å². The van der Waals surface area contributed by atoms with Crippen molar-refractivity contribution in [2.24, 2.45) is 0 Å². The maximum Gasteiger partial charge on any atom is 0.331 e. The van der Waals surface area contributed by atoms with E-state index in [4.69, 9.17) is 4.74 Å². The fourth-order valence-corrected chi connectivity index (χ4v) is 1.37. The highest BCUT2D eigenvalue weighted by molar-refractivity contribution is 5.95. The lowest BCUT2D eigenvalue weighted by molar-refractivity contribution is -0.148. The quantitative estimate of drug-likeness (QED) is 0.656. The number of anilines is 1. The first-order valence-electron chi connectivity index (χ1n) is 5.73. The predicted molar refractivity (Wildman–Crippen MR) is 70.2 cm³/mol. The number of hydrogen-bond acceptors (Lipinski definition) is 3. The molecule has 0 fully saturated rings. The third-order valence-electron chi connectivity index (χ3n) is 2.25. The lowest BCUT2D eigenvalue weighted by Crippen LogP contribution is -2.29. The van der Waals surface area contributed by atoms with Crippen LogP contribution in [-0.2, 0) is 14.3 Å². The van der Waals surface area contributed by atoms with Gasteiger partial charge in [0.2, 0.25) is 0 Å². The molecule has 4 nitrogen and oxygen atoms in total. The van der Waals surface area contributed by atoms with Gasteiger partial charge in [0.1, 0.15) is 0 Å². The molecular weight excluding hydrogens is 230 g/mol. The van der Waals surface area contributed by atoms with Gasteiger partial charge in [-0.15, -0.1) is 0 Å². The fraction of sp³-hybridized carbons (Fsp3) is 0.286. The molecule has 1 unspecified atom stereocenters. The van der Waals surface area contributed by atoms with E-state index in [2.05, 4.69) is 5.32 Å². The van der Waals surface area contributed by atoms with Crippen LogP contribution >= 0.6 is 0 Å². The minimum absolute atomic E-state index is 0.349. The first-order valence-corrected chi connectivity index (χ1v) is 5.73. The number of hydrogen-bond donors (Lipinski definition) is 1. The van der Waals surface area contributed by atoms with Gasteiger partial charge in [-0.25, -0.2) is 4.79 Å². The highest BCUT2D eigenvalue weighted by Gasteiger charge is 2.16. The van der Waals surface area contributed by atoms with Crippen molar-refractivity contribution in [3.05, 3.63) is 42.0 Å². The zero-order chi connectivity index (χ0) is 13.5.